The zero-order chi connectivity index (χ0) is 8.10. The Balaban J connectivity index is 1.86. The Hall–Kier alpha value is -0.120. The summed E-state index contributed by atoms with van der Waals surface area (Å²) >= 11 is 0. The van der Waals surface area contributed by atoms with Gasteiger partial charge in [-0.2, -0.15) is 0 Å². The van der Waals surface area contributed by atoms with Gasteiger partial charge in [0, 0.05) is 13.1 Å². The Morgan fingerprint density at radius 3 is 2.73 bits per heavy atom. The van der Waals surface area contributed by atoms with Gasteiger partial charge in [0.2, 0.25) is 0 Å². The van der Waals surface area contributed by atoms with Crippen LogP contribution in [0.15, 0.2) is 0 Å². The fraction of sp³-hybridized carbons (Fsp3) is 1.00. The molecule has 0 amide bonds. The minimum Gasteiger partial charge on any atom is -0.352 e. The van der Waals surface area contributed by atoms with Crippen LogP contribution in [-0.4, -0.2) is 32.1 Å². The van der Waals surface area contributed by atoms with Gasteiger partial charge in [-0.1, -0.05) is 6.92 Å². The molecule has 1 heterocycles. The molecule has 0 bridgehead atoms. The molecule has 0 aromatic rings. The van der Waals surface area contributed by atoms with Crippen LogP contribution in [-0.2, 0) is 9.47 Å². The number of ether oxygens (including phenoxy) is 2. The van der Waals surface area contributed by atoms with Gasteiger partial charge in [0.15, 0.2) is 0 Å². The molecule has 1 unspecified atom stereocenters. The van der Waals surface area contributed by atoms with Crippen molar-refractivity contribution in [2.75, 3.05) is 19.9 Å². The number of hydrogen-bond acceptors (Lipinski definition) is 3. The summed E-state index contributed by atoms with van der Waals surface area (Å²) in [5.41, 5.74) is 0. The van der Waals surface area contributed by atoms with Gasteiger partial charge in [-0.25, -0.2) is 0 Å². The first-order valence-electron chi connectivity index (χ1n) is 4.27. The van der Waals surface area contributed by atoms with E-state index >= 15 is 0 Å². The summed E-state index contributed by atoms with van der Waals surface area (Å²) in [6, 6.07) is 0. The molecular formula is C8H17NO2. The first-order valence-corrected chi connectivity index (χ1v) is 4.27. The molecule has 1 rings (SSSR count). The van der Waals surface area contributed by atoms with Crippen molar-refractivity contribution in [3.63, 3.8) is 0 Å². The van der Waals surface area contributed by atoms with Crippen LogP contribution in [0.25, 0.3) is 0 Å². The number of nitrogens with one attached hydrogen (secondary N) is 1. The van der Waals surface area contributed by atoms with E-state index in [4.69, 9.17) is 9.47 Å². The summed E-state index contributed by atoms with van der Waals surface area (Å²) in [6.07, 6.45) is 1.76. The first kappa shape index (κ1) is 8.97. The average Bonchev–Trinajstić information content (AvgIpc) is 1.94. The highest BCUT2D eigenvalue weighted by molar-refractivity contribution is 4.73. The van der Waals surface area contributed by atoms with E-state index in [1.54, 1.807) is 0 Å². The molecule has 11 heavy (non-hydrogen) atoms. The smallest absolute Gasteiger partial charge is 0.147 e. The molecule has 0 spiro atoms. The standard InChI is InChI=1S/C8H17NO2/c1-3-7(2)10-6-11-8-4-9-5-8/h7-9H,3-6H2,1-2H3. The fourth-order valence-electron chi connectivity index (χ4n) is 0.750. The fourth-order valence-corrected chi connectivity index (χ4v) is 0.750. The number of rotatable bonds is 5. The Kier molecular flexibility index (Phi) is 3.83. The van der Waals surface area contributed by atoms with E-state index < -0.39 is 0 Å². The quantitative estimate of drug-likeness (QED) is 0.600. The molecule has 1 N–H and O–H groups in total. The average molecular weight is 159 g/mol. The van der Waals surface area contributed by atoms with Crippen molar-refractivity contribution in [1.82, 2.24) is 5.32 Å². The molecule has 3 heteroatoms. The van der Waals surface area contributed by atoms with Gasteiger partial charge in [-0.3, -0.25) is 0 Å². The highest BCUT2D eigenvalue weighted by Gasteiger charge is 2.16. The van der Waals surface area contributed by atoms with Crippen LogP contribution in [0.4, 0.5) is 0 Å². The highest BCUT2D eigenvalue weighted by atomic mass is 16.7. The molecule has 66 valence electrons. The Labute approximate surface area is 68.1 Å². The summed E-state index contributed by atoms with van der Waals surface area (Å²) in [5.74, 6) is 0. The van der Waals surface area contributed by atoms with Crippen LogP contribution in [0.1, 0.15) is 20.3 Å². The highest BCUT2D eigenvalue weighted by Crippen LogP contribution is 2.00. The molecule has 3 nitrogen and oxygen atoms in total. The van der Waals surface area contributed by atoms with Gasteiger partial charge in [-0.15, -0.1) is 0 Å². The van der Waals surface area contributed by atoms with E-state index in [1.807, 2.05) is 0 Å². The predicted molar refractivity (Wildman–Crippen MR) is 43.4 cm³/mol. The predicted octanol–water partition coefficient (Wildman–Crippen LogP) is 0.747. The normalized spacial score (nSPS) is 21.3. The molecule has 0 radical (unpaired) electrons. The summed E-state index contributed by atoms with van der Waals surface area (Å²) < 4.78 is 10.7. The third kappa shape index (κ3) is 3.18. The van der Waals surface area contributed by atoms with Crippen molar-refractivity contribution >= 4 is 0 Å². The van der Waals surface area contributed by atoms with Crippen LogP contribution >= 0.6 is 0 Å². The summed E-state index contributed by atoms with van der Waals surface area (Å²) in [5, 5.41) is 3.13. The Morgan fingerprint density at radius 2 is 2.27 bits per heavy atom. The Morgan fingerprint density at radius 1 is 1.55 bits per heavy atom. The van der Waals surface area contributed by atoms with Crippen LogP contribution in [0, 0.1) is 0 Å². The van der Waals surface area contributed by atoms with Gasteiger partial charge in [0.1, 0.15) is 6.79 Å². The summed E-state index contributed by atoms with van der Waals surface area (Å²) in [4.78, 5) is 0. The molecule has 1 aliphatic rings. The number of hydrogen-bond donors (Lipinski definition) is 1. The van der Waals surface area contributed by atoms with E-state index in [-0.39, 0.29) is 0 Å². The van der Waals surface area contributed by atoms with Crippen molar-refractivity contribution in [2.24, 2.45) is 0 Å². The van der Waals surface area contributed by atoms with Gasteiger partial charge in [-0.05, 0) is 13.3 Å². The van der Waals surface area contributed by atoms with Gasteiger partial charge < -0.3 is 14.8 Å². The van der Waals surface area contributed by atoms with E-state index in [9.17, 15) is 0 Å². The van der Waals surface area contributed by atoms with E-state index in [0.29, 0.717) is 19.0 Å². The zero-order valence-electron chi connectivity index (χ0n) is 7.30. The van der Waals surface area contributed by atoms with Gasteiger partial charge in [0.05, 0.1) is 12.2 Å². The maximum absolute atomic E-state index is 5.37. The lowest BCUT2D eigenvalue weighted by atomic mass is 10.2. The molecule has 0 saturated carbocycles. The summed E-state index contributed by atoms with van der Waals surface area (Å²) in [6.45, 7) is 6.56. The molecule has 1 aliphatic heterocycles. The van der Waals surface area contributed by atoms with Gasteiger partial charge >= 0.3 is 0 Å². The maximum Gasteiger partial charge on any atom is 0.147 e. The largest absolute Gasteiger partial charge is 0.352 e. The monoisotopic (exact) mass is 159 g/mol. The molecular weight excluding hydrogens is 142 g/mol. The minimum atomic E-state index is 0.322. The first-order chi connectivity index (χ1) is 5.33. The van der Waals surface area contributed by atoms with E-state index in [1.165, 1.54) is 0 Å². The third-order valence-electron chi connectivity index (χ3n) is 1.98. The van der Waals surface area contributed by atoms with Gasteiger partial charge in [0.25, 0.3) is 0 Å². The lowest BCUT2D eigenvalue weighted by Gasteiger charge is -2.27. The molecule has 0 aromatic carbocycles. The molecule has 1 fully saturated rings. The third-order valence-corrected chi connectivity index (χ3v) is 1.98. The topological polar surface area (TPSA) is 30.5 Å². The second kappa shape index (κ2) is 4.70. The van der Waals surface area contributed by atoms with E-state index in [0.717, 1.165) is 19.5 Å². The SMILES string of the molecule is CCC(C)OCOC1CNC1. The van der Waals surface area contributed by atoms with Crippen LogP contribution < -0.4 is 5.32 Å². The second-order valence-corrected chi connectivity index (χ2v) is 2.95. The lowest BCUT2D eigenvalue weighted by Crippen LogP contribution is -2.48. The van der Waals surface area contributed by atoms with Crippen LogP contribution in [0.2, 0.25) is 0 Å². The maximum atomic E-state index is 5.37. The molecule has 1 atom stereocenters. The van der Waals surface area contributed by atoms with Crippen LogP contribution in [0.3, 0.4) is 0 Å². The second-order valence-electron chi connectivity index (χ2n) is 2.95. The molecule has 0 aliphatic carbocycles. The van der Waals surface area contributed by atoms with Crippen molar-refractivity contribution in [2.45, 2.75) is 32.5 Å². The lowest BCUT2D eigenvalue weighted by molar-refractivity contribution is -0.124. The summed E-state index contributed by atoms with van der Waals surface area (Å²) in [7, 11) is 0. The minimum absolute atomic E-state index is 0.322. The van der Waals surface area contributed by atoms with E-state index in [2.05, 4.69) is 19.2 Å². The van der Waals surface area contributed by atoms with Crippen molar-refractivity contribution < 1.29 is 9.47 Å². The van der Waals surface area contributed by atoms with Crippen molar-refractivity contribution in [1.29, 1.82) is 0 Å². The van der Waals surface area contributed by atoms with Crippen molar-refractivity contribution in [3.05, 3.63) is 0 Å². The Bertz CT molecular complexity index is 99.5. The molecule has 0 aromatic heterocycles. The van der Waals surface area contributed by atoms with Crippen molar-refractivity contribution in [3.8, 4) is 0 Å². The zero-order valence-corrected chi connectivity index (χ0v) is 7.30. The molecule has 1 saturated heterocycles. The van der Waals surface area contributed by atoms with Crippen LogP contribution in [0.5, 0.6) is 0 Å².